The number of halogens is 3. The normalized spacial score (nSPS) is 14.1. The van der Waals surface area contributed by atoms with Crippen molar-refractivity contribution in [2.45, 2.75) is 13.1 Å². The smallest absolute Gasteiger partial charge is 0.416 e. The molecule has 0 aromatic heterocycles. The highest BCUT2D eigenvalue weighted by Gasteiger charge is 2.30. The minimum Gasteiger partial charge on any atom is -0.462 e. The van der Waals surface area contributed by atoms with Gasteiger partial charge in [-0.25, -0.2) is 4.79 Å². The topological polar surface area (TPSA) is 67.6 Å². The van der Waals surface area contributed by atoms with Crippen LogP contribution < -0.4 is 16.0 Å². The molecule has 0 bridgehead atoms. The lowest BCUT2D eigenvalue weighted by Crippen LogP contribution is -2.43. The van der Waals surface area contributed by atoms with Crippen LogP contribution in [0.25, 0.3) is 0 Å². The van der Waals surface area contributed by atoms with Crippen LogP contribution in [0.2, 0.25) is 0 Å². The number of hydrogen-bond acceptors (Lipinski definition) is 5. The maximum absolute atomic E-state index is 12.5. The summed E-state index contributed by atoms with van der Waals surface area (Å²) in [6, 6.07) is 12.3. The van der Waals surface area contributed by atoms with Crippen LogP contribution in [0.1, 0.15) is 22.8 Å². The number of nitrogens with one attached hydrogen (secondary N) is 1. The molecule has 1 fully saturated rings. The number of carbonyl (C=O) groups excluding carboxylic acids is 1. The fourth-order valence-corrected chi connectivity index (χ4v) is 2.69. The summed E-state index contributed by atoms with van der Waals surface area (Å²) < 4.78 is 42.3. The summed E-state index contributed by atoms with van der Waals surface area (Å²) in [5.74, 6) is -0.365. The number of hydrogen-bond donors (Lipinski definition) is 2. The first kappa shape index (κ1) is 21.6. The number of carbonyl (C=O) groups is 1. The molecule has 0 spiro atoms. The zero-order valence-electron chi connectivity index (χ0n) is 15.6. The molecule has 5 nitrogen and oxygen atoms in total. The number of benzene rings is 2. The number of ether oxygens (including phenoxy) is 1. The second-order valence-electron chi connectivity index (χ2n) is 6.09. The van der Waals surface area contributed by atoms with Gasteiger partial charge in [0.2, 0.25) is 0 Å². The zero-order valence-corrected chi connectivity index (χ0v) is 15.6. The van der Waals surface area contributed by atoms with Gasteiger partial charge in [0.1, 0.15) is 0 Å². The molecule has 152 valence electrons. The Bertz CT molecular complexity index is 775. The second-order valence-corrected chi connectivity index (χ2v) is 6.09. The summed E-state index contributed by atoms with van der Waals surface area (Å²) in [6.45, 7) is 5.26. The molecular weight excluding hydrogens is 371 g/mol. The summed E-state index contributed by atoms with van der Waals surface area (Å²) in [5.41, 5.74) is 6.50. The molecule has 0 amide bonds. The zero-order chi connectivity index (χ0) is 20.6. The van der Waals surface area contributed by atoms with Crippen molar-refractivity contribution in [1.29, 1.82) is 0 Å². The fraction of sp³-hybridized carbons (Fsp3) is 0.350. The van der Waals surface area contributed by atoms with Crippen molar-refractivity contribution in [3.05, 3.63) is 59.7 Å². The molecule has 0 saturated carbocycles. The monoisotopic (exact) mass is 395 g/mol. The lowest BCUT2D eigenvalue weighted by Gasteiger charge is -2.29. The molecule has 0 radical (unpaired) electrons. The van der Waals surface area contributed by atoms with Crippen LogP contribution in [0.15, 0.2) is 48.5 Å². The van der Waals surface area contributed by atoms with Gasteiger partial charge in [-0.2, -0.15) is 13.2 Å². The van der Waals surface area contributed by atoms with Crippen LogP contribution in [0.3, 0.4) is 0 Å². The number of piperazine rings is 1. The van der Waals surface area contributed by atoms with Gasteiger partial charge in [0.25, 0.3) is 0 Å². The highest BCUT2D eigenvalue weighted by Crippen LogP contribution is 2.31. The minimum absolute atomic E-state index is 0.365. The van der Waals surface area contributed by atoms with Crippen LogP contribution >= 0.6 is 0 Å². The summed E-state index contributed by atoms with van der Waals surface area (Å²) in [6.07, 6.45) is -4.26. The molecular formula is C20H24F3N3O2. The van der Waals surface area contributed by atoms with E-state index in [2.05, 4.69) is 5.32 Å². The third-order valence-electron chi connectivity index (χ3n) is 4.11. The maximum atomic E-state index is 12.5. The van der Waals surface area contributed by atoms with E-state index in [1.165, 1.54) is 12.1 Å². The number of nitrogens with zero attached hydrogens (tertiary/aromatic N) is 1. The van der Waals surface area contributed by atoms with Gasteiger partial charge < -0.3 is 20.7 Å². The third-order valence-corrected chi connectivity index (χ3v) is 4.11. The number of para-hydroxylation sites is 1. The second kappa shape index (κ2) is 9.98. The van der Waals surface area contributed by atoms with E-state index in [-0.39, 0.29) is 5.97 Å². The quantitative estimate of drug-likeness (QED) is 0.615. The predicted molar refractivity (Wildman–Crippen MR) is 103 cm³/mol. The van der Waals surface area contributed by atoms with Crippen LogP contribution in [-0.4, -0.2) is 38.8 Å². The predicted octanol–water partition coefficient (Wildman–Crippen LogP) is 3.56. The molecule has 28 heavy (non-hydrogen) atoms. The highest BCUT2D eigenvalue weighted by molar-refractivity contribution is 5.94. The van der Waals surface area contributed by atoms with Crippen molar-refractivity contribution in [2.75, 3.05) is 43.4 Å². The molecule has 8 heteroatoms. The van der Waals surface area contributed by atoms with E-state index < -0.39 is 11.7 Å². The third kappa shape index (κ3) is 6.16. The molecule has 1 aliphatic rings. The Kier molecular flexibility index (Phi) is 7.69. The number of rotatable bonds is 3. The highest BCUT2D eigenvalue weighted by atomic mass is 19.4. The van der Waals surface area contributed by atoms with Crippen molar-refractivity contribution >= 4 is 17.3 Å². The van der Waals surface area contributed by atoms with Crippen molar-refractivity contribution in [1.82, 2.24) is 5.32 Å². The standard InChI is InChI=1S/C11H13F3N2.C9H11NO2/c12-11(13,14)9-2-1-3-10(8-9)16-6-4-15-5-7-16;1-2-12-9(11)7-5-3-4-6-8(7)10/h1-3,8,15H,4-7H2;3-6H,2,10H2,1H3. The SMILES string of the molecule is CCOC(=O)c1ccccc1N.FC(F)(F)c1cccc(N2CCNCC2)c1. The average molecular weight is 395 g/mol. The number of esters is 1. The Labute approximate surface area is 162 Å². The van der Waals surface area contributed by atoms with Gasteiger partial charge in [0, 0.05) is 37.6 Å². The molecule has 2 aromatic rings. The van der Waals surface area contributed by atoms with Crippen LogP contribution in [0.5, 0.6) is 0 Å². The summed E-state index contributed by atoms with van der Waals surface area (Å²) in [7, 11) is 0. The molecule has 1 aliphatic heterocycles. The van der Waals surface area contributed by atoms with Crippen LogP contribution in [-0.2, 0) is 10.9 Å². The van der Waals surface area contributed by atoms with Gasteiger partial charge in [0.05, 0.1) is 17.7 Å². The number of alkyl halides is 3. The summed E-state index contributed by atoms with van der Waals surface area (Å²) >= 11 is 0. The van der Waals surface area contributed by atoms with E-state index in [1.807, 2.05) is 4.90 Å². The molecule has 1 saturated heterocycles. The molecule has 2 aromatic carbocycles. The largest absolute Gasteiger partial charge is 0.462 e. The van der Waals surface area contributed by atoms with Gasteiger partial charge >= 0.3 is 12.1 Å². The summed E-state index contributed by atoms with van der Waals surface area (Å²) in [4.78, 5) is 13.1. The van der Waals surface area contributed by atoms with E-state index in [1.54, 1.807) is 37.3 Å². The first-order valence-corrected chi connectivity index (χ1v) is 8.97. The Morgan fingerprint density at radius 1 is 1.14 bits per heavy atom. The molecule has 3 rings (SSSR count). The van der Waals surface area contributed by atoms with E-state index in [9.17, 15) is 18.0 Å². The van der Waals surface area contributed by atoms with E-state index >= 15 is 0 Å². The maximum Gasteiger partial charge on any atom is 0.416 e. The van der Waals surface area contributed by atoms with E-state index in [4.69, 9.17) is 10.5 Å². The van der Waals surface area contributed by atoms with Crippen molar-refractivity contribution in [2.24, 2.45) is 0 Å². The molecule has 3 N–H and O–H groups in total. The molecule has 1 heterocycles. The Hall–Kier alpha value is -2.74. The van der Waals surface area contributed by atoms with Gasteiger partial charge in [-0.3, -0.25) is 0 Å². The average Bonchev–Trinajstić information content (AvgIpc) is 2.69. The Morgan fingerprint density at radius 3 is 2.43 bits per heavy atom. The fourth-order valence-electron chi connectivity index (χ4n) is 2.69. The minimum atomic E-state index is -4.26. The first-order chi connectivity index (χ1) is 13.3. The van der Waals surface area contributed by atoms with Gasteiger partial charge in [0.15, 0.2) is 0 Å². The van der Waals surface area contributed by atoms with Crippen molar-refractivity contribution in [3.8, 4) is 0 Å². The lowest BCUT2D eigenvalue weighted by atomic mass is 10.1. The first-order valence-electron chi connectivity index (χ1n) is 8.97. The van der Waals surface area contributed by atoms with E-state index in [0.717, 1.165) is 32.2 Å². The lowest BCUT2D eigenvalue weighted by molar-refractivity contribution is -0.137. The Morgan fingerprint density at radius 2 is 1.82 bits per heavy atom. The van der Waals surface area contributed by atoms with Crippen LogP contribution in [0, 0.1) is 0 Å². The molecule has 0 aliphatic carbocycles. The van der Waals surface area contributed by atoms with Gasteiger partial charge in [-0.05, 0) is 37.3 Å². The number of nitrogen functional groups attached to an aromatic ring is 1. The number of nitrogens with two attached hydrogens (primary N) is 1. The van der Waals surface area contributed by atoms with E-state index in [0.29, 0.717) is 23.5 Å². The summed E-state index contributed by atoms with van der Waals surface area (Å²) in [5, 5.41) is 3.17. The Balaban J connectivity index is 0.000000209. The van der Waals surface area contributed by atoms with Gasteiger partial charge in [-0.1, -0.05) is 18.2 Å². The molecule has 0 atom stereocenters. The van der Waals surface area contributed by atoms with Crippen molar-refractivity contribution < 1.29 is 22.7 Å². The van der Waals surface area contributed by atoms with Gasteiger partial charge in [-0.15, -0.1) is 0 Å². The van der Waals surface area contributed by atoms with Crippen LogP contribution in [0.4, 0.5) is 24.5 Å². The molecule has 0 unspecified atom stereocenters. The number of anilines is 2. The van der Waals surface area contributed by atoms with Crippen molar-refractivity contribution in [3.63, 3.8) is 0 Å².